The lowest BCUT2D eigenvalue weighted by atomic mass is 10.0. The molecule has 24 heavy (non-hydrogen) atoms. The quantitative estimate of drug-likeness (QED) is 0.877. The SMILES string of the molecule is O=C(C1CC(=O)N(c2ccc(F)cc2F)C1)N1C[C@H]2CNC[C@H]2C1. The van der Waals surface area contributed by atoms with Crippen LogP contribution in [0.3, 0.4) is 0 Å². The highest BCUT2D eigenvalue weighted by Crippen LogP contribution is 2.32. The first-order valence-electron chi connectivity index (χ1n) is 8.28. The van der Waals surface area contributed by atoms with Crippen molar-refractivity contribution in [3.63, 3.8) is 0 Å². The minimum atomic E-state index is -0.779. The second-order valence-corrected chi connectivity index (χ2v) is 6.92. The number of benzene rings is 1. The topological polar surface area (TPSA) is 52.7 Å². The first kappa shape index (κ1) is 15.5. The number of rotatable bonds is 2. The van der Waals surface area contributed by atoms with Gasteiger partial charge in [0.1, 0.15) is 11.6 Å². The molecule has 1 N–H and O–H groups in total. The molecule has 3 aliphatic rings. The number of anilines is 1. The van der Waals surface area contributed by atoms with Gasteiger partial charge in [0.2, 0.25) is 11.8 Å². The monoisotopic (exact) mass is 335 g/mol. The van der Waals surface area contributed by atoms with Crippen LogP contribution in [0, 0.1) is 29.4 Å². The number of carbonyl (C=O) groups excluding carboxylic acids is 2. The summed E-state index contributed by atoms with van der Waals surface area (Å²) >= 11 is 0. The van der Waals surface area contributed by atoms with E-state index < -0.39 is 17.6 Å². The third-order valence-corrected chi connectivity index (χ3v) is 5.38. The zero-order valence-electron chi connectivity index (χ0n) is 13.2. The molecule has 3 saturated heterocycles. The van der Waals surface area contributed by atoms with Crippen molar-refractivity contribution in [2.45, 2.75) is 6.42 Å². The van der Waals surface area contributed by atoms with Gasteiger partial charge in [0, 0.05) is 45.2 Å². The normalized spacial score (nSPS) is 29.4. The number of carbonyl (C=O) groups is 2. The van der Waals surface area contributed by atoms with Crippen molar-refractivity contribution in [2.24, 2.45) is 17.8 Å². The molecule has 4 rings (SSSR count). The van der Waals surface area contributed by atoms with E-state index in [1.165, 1.54) is 11.0 Å². The van der Waals surface area contributed by atoms with Crippen LogP contribution in [0.5, 0.6) is 0 Å². The average molecular weight is 335 g/mol. The standard InChI is InChI=1S/C17H19F2N3O2/c18-13-1-2-15(14(19)4-13)22-9-10(3-16(22)23)17(24)21-7-11-5-20-6-12(11)8-21/h1-2,4,10-12,20H,3,5-9H2/t10?,11-,12+. The zero-order chi connectivity index (χ0) is 16.8. The molecule has 0 saturated carbocycles. The van der Waals surface area contributed by atoms with Crippen LogP contribution in [0.15, 0.2) is 18.2 Å². The number of amides is 2. The zero-order valence-corrected chi connectivity index (χ0v) is 13.2. The van der Waals surface area contributed by atoms with Gasteiger partial charge < -0.3 is 15.1 Å². The van der Waals surface area contributed by atoms with Crippen molar-refractivity contribution < 1.29 is 18.4 Å². The van der Waals surface area contributed by atoms with E-state index in [2.05, 4.69) is 5.32 Å². The number of nitrogens with one attached hydrogen (secondary N) is 1. The maximum absolute atomic E-state index is 13.9. The molecule has 0 spiro atoms. The second kappa shape index (κ2) is 5.81. The van der Waals surface area contributed by atoms with E-state index >= 15 is 0 Å². The molecule has 0 radical (unpaired) electrons. The molecule has 0 bridgehead atoms. The molecule has 3 aliphatic heterocycles. The Morgan fingerprint density at radius 1 is 1.12 bits per heavy atom. The van der Waals surface area contributed by atoms with Gasteiger partial charge in [-0.25, -0.2) is 8.78 Å². The fourth-order valence-electron chi connectivity index (χ4n) is 4.10. The maximum atomic E-state index is 13.9. The van der Waals surface area contributed by atoms with Gasteiger partial charge >= 0.3 is 0 Å². The van der Waals surface area contributed by atoms with E-state index in [4.69, 9.17) is 0 Å². The number of nitrogens with zero attached hydrogens (tertiary/aromatic N) is 2. The number of hydrogen-bond donors (Lipinski definition) is 1. The minimum Gasteiger partial charge on any atom is -0.342 e. The smallest absolute Gasteiger partial charge is 0.228 e. The fourth-order valence-corrected chi connectivity index (χ4v) is 4.10. The molecule has 128 valence electrons. The molecule has 0 aromatic heterocycles. The largest absolute Gasteiger partial charge is 0.342 e. The minimum absolute atomic E-state index is 0.0252. The summed E-state index contributed by atoms with van der Waals surface area (Å²) in [6, 6.07) is 3.13. The van der Waals surface area contributed by atoms with Crippen LogP contribution in [0.4, 0.5) is 14.5 Å². The molecular weight excluding hydrogens is 316 g/mol. The van der Waals surface area contributed by atoms with Crippen molar-refractivity contribution in [1.29, 1.82) is 0 Å². The molecule has 1 aromatic carbocycles. The molecule has 3 atom stereocenters. The molecule has 7 heteroatoms. The summed E-state index contributed by atoms with van der Waals surface area (Å²) in [4.78, 5) is 28.0. The summed E-state index contributed by atoms with van der Waals surface area (Å²) in [7, 11) is 0. The highest BCUT2D eigenvalue weighted by atomic mass is 19.1. The summed E-state index contributed by atoms with van der Waals surface area (Å²) in [5.41, 5.74) is 0.0409. The Labute approximate surface area is 138 Å². The van der Waals surface area contributed by atoms with E-state index in [9.17, 15) is 18.4 Å². The number of fused-ring (bicyclic) bond motifs is 1. The number of halogens is 2. The summed E-state index contributed by atoms with van der Waals surface area (Å²) in [6.07, 6.45) is 0.0831. The molecule has 1 unspecified atom stereocenters. The summed E-state index contributed by atoms with van der Waals surface area (Å²) < 4.78 is 27.0. The summed E-state index contributed by atoms with van der Waals surface area (Å²) in [6.45, 7) is 3.48. The molecule has 5 nitrogen and oxygen atoms in total. The maximum Gasteiger partial charge on any atom is 0.228 e. The predicted octanol–water partition coefficient (Wildman–Crippen LogP) is 0.996. The lowest BCUT2D eigenvalue weighted by molar-refractivity contribution is -0.135. The first-order chi connectivity index (χ1) is 11.5. The summed E-state index contributed by atoms with van der Waals surface area (Å²) in [5.74, 6) is -1.24. The van der Waals surface area contributed by atoms with Gasteiger partial charge in [-0.05, 0) is 24.0 Å². The lowest BCUT2D eigenvalue weighted by Crippen LogP contribution is -2.37. The van der Waals surface area contributed by atoms with Crippen molar-refractivity contribution in [2.75, 3.05) is 37.6 Å². The Morgan fingerprint density at radius 2 is 1.83 bits per heavy atom. The van der Waals surface area contributed by atoms with Crippen LogP contribution < -0.4 is 10.2 Å². The van der Waals surface area contributed by atoms with E-state index in [0.717, 1.165) is 38.3 Å². The Bertz CT molecular complexity index is 684. The third-order valence-electron chi connectivity index (χ3n) is 5.38. The van der Waals surface area contributed by atoms with Crippen LogP contribution >= 0.6 is 0 Å². The highest BCUT2D eigenvalue weighted by Gasteiger charge is 2.43. The predicted molar refractivity (Wildman–Crippen MR) is 83.2 cm³/mol. The van der Waals surface area contributed by atoms with Crippen molar-refractivity contribution in [1.82, 2.24) is 10.2 Å². The molecule has 0 aliphatic carbocycles. The summed E-state index contributed by atoms with van der Waals surface area (Å²) in [5, 5.41) is 3.33. The van der Waals surface area contributed by atoms with Crippen LogP contribution in [-0.2, 0) is 9.59 Å². The lowest BCUT2D eigenvalue weighted by Gasteiger charge is -2.22. The molecule has 2 amide bonds. The Balaban J connectivity index is 1.47. The number of likely N-dealkylation sites (tertiary alicyclic amines) is 1. The van der Waals surface area contributed by atoms with Crippen LogP contribution in [0.2, 0.25) is 0 Å². The Hall–Kier alpha value is -2.02. The van der Waals surface area contributed by atoms with E-state index in [-0.39, 0.29) is 30.5 Å². The van der Waals surface area contributed by atoms with Crippen molar-refractivity contribution >= 4 is 17.5 Å². The van der Waals surface area contributed by atoms with Gasteiger partial charge in [0.25, 0.3) is 0 Å². The molecule has 3 fully saturated rings. The highest BCUT2D eigenvalue weighted by molar-refractivity contribution is 6.00. The molecule has 3 heterocycles. The van der Waals surface area contributed by atoms with Gasteiger partial charge in [0.15, 0.2) is 0 Å². The van der Waals surface area contributed by atoms with E-state index in [0.29, 0.717) is 11.8 Å². The number of hydrogen-bond acceptors (Lipinski definition) is 3. The third kappa shape index (κ3) is 2.56. The van der Waals surface area contributed by atoms with Gasteiger partial charge in [-0.3, -0.25) is 9.59 Å². The van der Waals surface area contributed by atoms with Crippen LogP contribution in [-0.4, -0.2) is 49.4 Å². The van der Waals surface area contributed by atoms with E-state index in [1.807, 2.05) is 4.90 Å². The first-order valence-corrected chi connectivity index (χ1v) is 8.28. The van der Waals surface area contributed by atoms with Crippen LogP contribution in [0.25, 0.3) is 0 Å². The Morgan fingerprint density at radius 3 is 2.50 bits per heavy atom. The van der Waals surface area contributed by atoms with Crippen molar-refractivity contribution in [3.8, 4) is 0 Å². The Kier molecular flexibility index (Phi) is 3.75. The molecule has 1 aromatic rings. The van der Waals surface area contributed by atoms with Gasteiger partial charge in [-0.1, -0.05) is 0 Å². The van der Waals surface area contributed by atoms with Gasteiger partial charge in [-0.2, -0.15) is 0 Å². The van der Waals surface area contributed by atoms with Crippen LogP contribution in [0.1, 0.15) is 6.42 Å². The fraction of sp³-hybridized carbons (Fsp3) is 0.529. The van der Waals surface area contributed by atoms with Crippen molar-refractivity contribution in [3.05, 3.63) is 29.8 Å². The van der Waals surface area contributed by atoms with Gasteiger partial charge in [-0.15, -0.1) is 0 Å². The van der Waals surface area contributed by atoms with E-state index in [1.54, 1.807) is 0 Å². The average Bonchev–Trinajstić information content (AvgIpc) is 3.21. The van der Waals surface area contributed by atoms with Gasteiger partial charge in [0.05, 0.1) is 11.6 Å². The molecular formula is C17H19F2N3O2. The second-order valence-electron chi connectivity index (χ2n) is 6.92.